The molecule has 1 saturated heterocycles. The Bertz CT molecular complexity index is 1060. The first-order valence-electron chi connectivity index (χ1n) is 11.2. The van der Waals surface area contributed by atoms with E-state index >= 15 is 0 Å². The molecule has 2 aromatic heterocycles. The summed E-state index contributed by atoms with van der Waals surface area (Å²) in [5.41, 5.74) is 5.02. The highest BCUT2D eigenvalue weighted by atomic mass is 32.1. The van der Waals surface area contributed by atoms with Crippen LogP contribution in [0.15, 0.2) is 36.4 Å². The lowest BCUT2D eigenvalue weighted by Gasteiger charge is -2.33. The fourth-order valence-corrected chi connectivity index (χ4v) is 5.94. The minimum Gasteiger partial charge on any atom is -0.349 e. The van der Waals surface area contributed by atoms with Crippen LogP contribution >= 0.6 is 11.3 Å². The van der Waals surface area contributed by atoms with Crippen LogP contribution in [0.2, 0.25) is 0 Å². The summed E-state index contributed by atoms with van der Waals surface area (Å²) in [6.07, 6.45) is 5.01. The number of carbonyl (C=O) groups excluding carboxylic acids is 1. The Morgan fingerprint density at radius 3 is 2.48 bits per heavy atom. The minimum absolute atomic E-state index is 0.0756. The van der Waals surface area contributed by atoms with Crippen molar-refractivity contribution in [2.24, 2.45) is 5.92 Å². The average Bonchev–Trinajstić information content (AvgIpc) is 3.40. The highest BCUT2D eigenvalue weighted by molar-refractivity contribution is 7.17. The van der Waals surface area contributed by atoms with Crippen molar-refractivity contribution < 1.29 is 4.79 Å². The molecule has 162 valence electrons. The number of fused-ring (bicyclic) bond motifs is 1. The van der Waals surface area contributed by atoms with E-state index in [0.717, 1.165) is 55.5 Å². The van der Waals surface area contributed by atoms with Crippen LogP contribution in [0.5, 0.6) is 0 Å². The lowest BCUT2D eigenvalue weighted by atomic mass is 9.87. The maximum absolute atomic E-state index is 13.0. The van der Waals surface area contributed by atoms with E-state index in [9.17, 15) is 4.79 Å². The van der Waals surface area contributed by atoms with E-state index in [0.29, 0.717) is 0 Å². The number of nitrogens with one attached hydrogen (secondary N) is 1. The number of piperidine rings is 1. The first-order chi connectivity index (χ1) is 15.1. The van der Waals surface area contributed by atoms with Crippen molar-refractivity contribution in [3.8, 4) is 5.13 Å². The van der Waals surface area contributed by atoms with Gasteiger partial charge >= 0.3 is 0 Å². The molecule has 7 heteroatoms. The second-order valence-corrected chi connectivity index (χ2v) is 9.67. The summed E-state index contributed by atoms with van der Waals surface area (Å²) in [7, 11) is 0. The Balaban J connectivity index is 1.20. The molecule has 1 atom stereocenters. The van der Waals surface area contributed by atoms with Crippen LogP contribution in [-0.2, 0) is 11.2 Å². The number of hydrogen-bond donors (Lipinski definition) is 1. The van der Waals surface area contributed by atoms with E-state index in [4.69, 9.17) is 0 Å². The quantitative estimate of drug-likeness (QED) is 0.662. The molecule has 3 aromatic rings. The zero-order chi connectivity index (χ0) is 21.4. The summed E-state index contributed by atoms with van der Waals surface area (Å²) in [6.45, 7) is 5.86. The molecule has 0 saturated carbocycles. The maximum Gasteiger partial charge on any atom is 0.223 e. The van der Waals surface area contributed by atoms with Crippen LogP contribution in [0.3, 0.4) is 0 Å². The maximum atomic E-state index is 13.0. The van der Waals surface area contributed by atoms with Crippen LogP contribution in [0.25, 0.3) is 5.13 Å². The van der Waals surface area contributed by atoms with Crippen LogP contribution in [0.1, 0.15) is 54.2 Å². The Kier molecular flexibility index (Phi) is 5.52. The molecule has 1 N–H and O–H groups in total. The van der Waals surface area contributed by atoms with Gasteiger partial charge in [-0.1, -0.05) is 35.6 Å². The smallest absolute Gasteiger partial charge is 0.223 e. The Morgan fingerprint density at radius 1 is 1.00 bits per heavy atom. The van der Waals surface area contributed by atoms with Crippen LogP contribution in [-0.4, -0.2) is 33.8 Å². The predicted octanol–water partition coefficient (Wildman–Crippen LogP) is 4.36. The molecule has 0 bridgehead atoms. The second-order valence-electron chi connectivity index (χ2n) is 8.73. The Hall–Kier alpha value is -2.67. The molecule has 3 heterocycles. The fourth-order valence-electron chi connectivity index (χ4n) is 4.92. The standard InChI is InChI=1S/C24H29N5OS/c1-16-10-11-17(2)29(16)24-27-26-23(31-24)28-14-12-19(13-15-28)22(30)25-21-9-5-7-18-6-3-4-8-20(18)21/h3-4,6,8,10-11,19,21H,5,7,9,12-15H2,1-2H3,(H,25,30)/t21-/m0/s1. The largest absolute Gasteiger partial charge is 0.349 e. The number of aryl methyl sites for hydroxylation is 3. The van der Waals surface area contributed by atoms with Gasteiger partial charge in [0.25, 0.3) is 0 Å². The van der Waals surface area contributed by atoms with Gasteiger partial charge in [0, 0.05) is 30.4 Å². The zero-order valence-corrected chi connectivity index (χ0v) is 19.0. The number of carbonyl (C=O) groups is 1. The van der Waals surface area contributed by atoms with E-state index < -0.39 is 0 Å². The van der Waals surface area contributed by atoms with E-state index in [1.807, 2.05) is 0 Å². The van der Waals surface area contributed by atoms with Gasteiger partial charge in [-0.05, 0) is 69.2 Å². The molecule has 0 spiro atoms. The number of benzene rings is 1. The molecule has 1 fully saturated rings. The van der Waals surface area contributed by atoms with Gasteiger partial charge in [-0.15, -0.1) is 10.2 Å². The molecule has 1 aliphatic carbocycles. The number of aromatic nitrogens is 3. The molecular formula is C24H29N5OS. The molecule has 0 unspecified atom stereocenters. The first kappa shape index (κ1) is 20.2. The van der Waals surface area contributed by atoms with Gasteiger partial charge in [0.1, 0.15) is 0 Å². The first-order valence-corrected chi connectivity index (χ1v) is 12.0. The minimum atomic E-state index is 0.0756. The second kappa shape index (κ2) is 8.46. The van der Waals surface area contributed by atoms with Crippen LogP contribution < -0.4 is 10.2 Å². The molecule has 2 aliphatic rings. The fraction of sp³-hybridized carbons (Fsp3) is 0.458. The van der Waals surface area contributed by atoms with E-state index in [1.165, 1.54) is 22.5 Å². The van der Waals surface area contributed by atoms with Crippen molar-refractivity contribution in [1.29, 1.82) is 0 Å². The number of anilines is 1. The van der Waals surface area contributed by atoms with Crippen LogP contribution in [0.4, 0.5) is 5.13 Å². The Morgan fingerprint density at radius 2 is 1.71 bits per heavy atom. The number of rotatable bonds is 4. The van der Waals surface area contributed by atoms with Gasteiger partial charge in [-0.2, -0.15) is 0 Å². The Labute approximate surface area is 187 Å². The zero-order valence-electron chi connectivity index (χ0n) is 18.2. The van der Waals surface area contributed by atoms with Gasteiger partial charge in [-0.3, -0.25) is 9.36 Å². The summed E-state index contributed by atoms with van der Waals surface area (Å²) in [5.74, 6) is 0.282. The lowest BCUT2D eigenvalue weighted by molar-refractivity contribution is -0.126. The lowest BCUT2D eigenvalue weighted by Crippen LogP contribution is -2.42. The van der Waals surface area contributed by atoms with E-state index in [1.54, 1.807) is 11.3 Å². The van der Waals surface area contributed by atoms with Gasteiger partial charge in [0.15, 0.2) is 0 Å². The van der Waals surface area contributed by atoms with Gasteiger partial charge in [0.05, 0.1) is 6.04 Å². The normalized spacial score (nSPS) is 19.3. The third-order valence-electron chi connectivity index (χ3n) is 6.69. The monoisotopic (exact) mass is 435 g/mol. The van der Waals surface area contributed by atoms with Crippen molar-refractivity contribution in [1.82, 2.24) is 20.1 Å². The highest BCUT2D eigenvalue weighted by Crippen LogP contribution is 2.32. The van der Waals surface area contributed by atoms with E-state index in [-0.39, 0.29) is 17.9 Å². The molecule has 1 aromatic carbocycles. The molecule has 1 aliphatic heterocycles. The van der Waals surface area contributed by atoms with Crippen molar-refractivity contribution in [3.05, 3.63) is 58.9 Å². The van der Waals surface area contributed by atoms with E-state index in [2.05, 4.69) is 75.2 Å². The SMILES string of the molecule is Cc1ccc(C)n1-c1nnc(N2CCC(C(=O)N[C@H]3CCCc4ccccc43)CC2)s1. The topological polar surface area (TPSA) is 63.1 Å². The summed E-state index contributed by atoms with van der Waals surface area (Å²) in [6, 6.07) is 12.9. The highest BCUT2D eigenvalue weighted by Gasteiger charge is 2.29. The summed E-state index contributed by atoms with van der Waals surface area (Å²) >= 11 is 1.62. The third-order valence-corrected chi connectivity index (χ3v) is 7.66. The van der Waals surface area contributed by atoms with Crippen molar-refractivity contribution >= 4 is 22.4 Å². The predicted molar refractivity (Wildman–Crippen MR) is 124 cm³/mol. The van der Waals surface area contributed by atoms with Crippen molar-refractivity contribution in [2.45, 2.75) is 52.0 Å². The van der Waals surface area contributed by atoms with Crippen molar-refractivity contribution in [3.63, 3.8) is 0 Å². The van der Waals surface area contributed by atoms with Gasteiger partial charge in [-0.25, -0.2) is 0 Å². The number of nitrogens with zero attached hydrogens (tertiary/aromatic N) is 4. The van der Waals surface area contributed by atoms with Gasteiger partial charge < -0.3 is 10.2 Å². The summed E-state index contributed by atoms with van der Waals surface area (Å²) in [4.78, 5) is 15.3. The molecule has 5 rings (SSSR count). The molecule has 1 amide bonds. The molecule has 0 radical (unpaired) electrons. The summed E-state index contributed by atoms with van der Waals surface area (Å²) < 4.78 is 2.14. The summed E-state index contributed by atoms with van der Waals surface area (Å²) in [5, 5.41) is 14.1. The molecular weight excluding hydrogens is 406 g/mol. The van der Waals surface area contributed by atoms with Gasteiger partial charge in [0.2, 0.25) is 16.2 Å². The average molecular weight is 436 g/mol. The third kappa shape index (κ3) is 3.99. The van der Waals surface area contributed by atoms with Crippen LogP contribution in [0, 0.1) is 19.8 Å². The van der Waals surface area contributed by atoms with Crippen molar-refractivity contribution in [2.75, 3.05) is 18.0 Å². The number of hydrogen-bond acceptors (Lipinski definition) is 5. The number of amides is 1. The molecule has 31 heavy (non-hydrogen) atoms. The molecule has 6 nitrogen and oxygen atoms in total.